The van der Waals surface area contributed by atoms with Crippen LogP contribution in [0, 0.1) is 0 Å². The summed E-state index contributed by atoms with van der Waals surface area (Å²) in [6.07, 6.45) is 45.8. The lowest BCUT2D eigenvalue weighted by atomic mass is 10.0. The fourth-order valence-corrected chi connectivity index (χ4v) is 5.24. The summed E-state index contributed by atoms with van der Waals surface area (Å²) in [4.78, 5) is 20.6. The van der Waals surface area contributed by atoms with Crippen LogP contribution in [0.25, 0.3) is 0 Å². The summed E-state index contributed by atoms with van der Waals surface area (Å²) in [5.74, 6) is -1.54. The standard InChI is InChI=1S/C20H36O2.C18H36O2/c1-2-3-4-5-6-7-8-9-10-11-12-13-14-15-16-17-18-19-20(21)22;1-2-3-4-5-6-7-8-9-10-11-12-13-14-15-16-17-18(19)20/h16-19H,2-15H2,1H3,(H,21,22);2-17H2,1H3,(H,19,20). The van der Waals surface area contributed by atoms with Gasteiger partial charge in [-0.15, -0.1) is 0 Å². The van der Waals surface area contributed by atoms with Crippen molar-refractivity contribution >= 4 is 11.9 Å². The van der Waals surface area contributed by atoms with Crippen LogP contribution >= 0.6 is 0 Å². The topological polar surface area (TPSA) is 74.6 Å². The van der Waals surface area contributed by atoms with Gasteiger partial charge in [0.1, 0.15) is 0 Å². The second kappa shape index (κ2) is 39.4. The van der Waals surface area contributed by atoms with E-state index >= 15 is 0 Å². The highest BCUT2D eigenvalue weighted by molar-refractivity contribution is 5.80. The summed E-state index contributed by atoms with van der Waals surface area (Å²) in [6.45, 7) is 4.54. The quantitative estimate of drug-likeness (QED) is 0.0463. The Hall–Kier alpha value is -1.58. The maximum Gasteiger partial charge on any atom is 0.328 e. The van der Waals surface area contributed by atoms with E-state index in [9.17, 15) is 9.59 Å². The summed E-state index contributed by atoms with van der Waals surface area (Å²) in [5, 5.41) is 16.9. The second-order valence-corrected chi connectivity index (χ2v) is 12.3. The molecule has 0 amide bonds. The van der Waals surface area contributed by atoms with Crippen LogP contribution in [0.1, 0.15) is 206 Å². The molecule has 0 aromatic rings. The molecule has 0 heterocycles. The minimum absolute atomic E-state index is 0.345. The monoisotopic (exact) mass is 593 g/mol. The fourth-order valence-electron chi connectivity index (χ4n) is 5.24. The van der Waals surface area contributed by atoms with Crippen molar-refractivity contribution in [2.75, 3.05) is 0 Å². The van der Waals surface area contributed by atoms with Crippen LogP contribution < -0.4 is 0 Å². The van der Waals surface area contributed by atoms with Gasteiger partial charge in [0.15, 0.2) is 0 Å². The predicted octanol–water partition coefficient (Wildman–Crippen LogP) is 13.0. The molecule has 0 saturated heterocycles. The second-order valence-electron chi connectivity index (χ2n) is 12.3. The van der Waals surface area contributed by atoms with Crippen LogP contribution in [0.2, 0.25) is 0 Å². The largest absolute Gasteiger partial charge is 0.481 e. The van der Waals surface area contributed by atoms with Crippen molar-refractivity contribution in [3.63, 3.8) is 0 Å². The molecule has 2 N–H and O–H groups in total. The zero-order chi connectivity index (χ0) is 31.2. The Labute approximate surface area is 262 Å². The van der Waals surface area contributed by atoms with Crippen LogP contribution in [-0.4, -0.2) is 22.2 Å². The molecule has 248 valence electrons. The van der Waals surface area contributed by atoms with E-state index in [0.717, 1.165) is 19.3 Å². The van der Waals surface area contributed by atoms with E-state index in [4.69, 9.17) is 10.2 Å². The number of carbonyl (C=O) groups is 2. The Balaban J connectivity index is 0. The first kappa shape index (κ1) is 42.6. The van der Waals surface area contributed by atoms with Crippen LogP contribution in [0.4, 0.5) is 0 Å². The molecule has 0 spiro atoms. The van der Waals surface area contributed by atoms with E-state index in [2.05, 4.69) is 19.9 Å². The zero-order valence-corrected chi connectivity index (χ0v) is 28.2. The van der Waals surface area contributed by atoms with E-state index < -0.39 is 11.9 Å². The third-order valence-corrected chi connectivity index (χ3v) is 7.95. The van der Waals surface area contributed by atoms with Gasteiger partial charge in [-0.2, -0.15) is 0 Å². The third-order valence-electron chi connectivity index (χ3n) is 7.95. The molecule has 0 aromatic heterocycles. The number of rotatable bonds is 32. The number of hydrogen-bond acceptors (Lipinski definition) is 2. The lowest BCUT2D eigenvalue weighted by Gasteiger charge is -2.03. The molecule has 4 heteroatoms. The number of hydrogen-bond donors (Lipinski definition) is 2. The molecule has 0 rings (SSSR count). The van der Waals surface area contributed by atoms with Crippen LogP contribution in [-0.2, 0) is 9.59 Å². The van der Waals surface area contributed by atoms with Crippen molar-refractivity contribution in [1.29, 1.82) is 0 Å². The number of unbranched alkanes of at least 4 members (excludes halogenated alkanes) is 27. The van der Waals surface area contributed by atoms with E-state index in [0.29, 0.717) is 6.42 Å². The number of carboxylic acids is 2. The van der Waals surface area contributed by atoms with Crippen LogP contribution in [0.15, 0.2) is 24.3 Å². The van der Waals surface area contributed by atoms with Gasteiger partial charge in [0, 0.05) is 12.5 Å². The maximum absolute atomic E-state index is 10.3. The molecule has 0 aliphatic carbocycles. The summed E-state index contributed by atoms with van der Waals surface area (Å²) in [7, 11) is 0. The molecule has 42 heavy (non-hydrogen) atoms. The summed E-state index contributed by atoms with van der Waals surface area (Å²) < 4.78 is 0. The number of allylic oxidation sites excluding steroid dienone is 3. The molecule has 0 saturated carbocycles. The highest BCUT2D eigenvalue weighted by Crippen LogP contribution is 2.14. The molecular weight excluding hydrogens is 520 g/mol. The molecule has 0 radical (unpaired) electrons. The number of aliphatic carboxylic acids is 2. The van der Waals surface area contributed by atoms with E-state index in [1.54, 1.807) is 6.08 Å². The Kier molecular flexibility index (Phi) is 39.9. The zero-order valence-electron chi connectivity index (χ0n) is 28.2. The average molecular weight is 593 g/mol. The fraction of sp³-hybridized carbons (Fsp3) is 0.842. The minimum atomic E-state index is -0.884. The molecule has 0 bridgehead atoms. The lowest BCUT2D eigenvalue weighted by Crippen LogP contribution is -1.93. The molecule has 4 nitrogen and oxygen atoms in total. The lowest BCUT2D eigenvalue weighted by molar-refractivity contribution is -0.137. The highest BCUT2D eigenvalue weighted by Gasteiger charge is 1.97. The first-order valence-corrected chi connectivity index (χ1v) is 18.3. The molecule has 0 atom stereocenters. The molecular formula is C38H72O4. The highest BCUT2D eigenvalue weighted by atomic mass is 16.4. The van der Waals surface area contributed by atoms with Crippen molar-refractivity contribution in [3.8, 4) is 0 Å². The Bertz CT molecular complexity index is 596. The van der Waals surface area contributed by atoms with Gasteiger partial charge in [-0.3, -0.25) is 4.79 Å². The Morgan fingerprint density at radius 1 is 0.429 bits per heavy atom. The van der Waals surface area contributed by atoms with Gasteiger partial charge in [0.25, 0.3) is 0 Å². The smallest absolute Gasteiger partial charge is 0.328 e. The molecule has 0 fully saturated rings. The van der Waals surface area contributed by atoms with Gasteiger partial charge in [0.05, 0.1) is 0 Å². The first-order chi connectivity index (χ1) is 20.5. The van der Waals surface area contributed by atoms with Crippen LogP contribution in [0.5, 0.6) is 0 Å². The molecule has 0 aromatic carbocycles. The van der Waals surface area contributed by atoms with Gasteiger partial charge < -0.3 is 10.2 Å². The third kappa shape index (κ3) is 45.4. The van der Waals surface area contributed by atoms with Gasteiger partial charge in [-0.1, -0.05) is 199 Å². The average Bonchev–Trinajstić information content (AvgIpc) is 2.97. The van der Waals surface area contributed by atoms with Gasteiger partial charge in [-0.05, 0) is 19.3 Å². The normalized spacial score (nSPS) is 11.3. The van der Waals surface area contributed by atoms with Gasteiger partial charge in [-0.25, -0.2) is 4.79 Å². The number of carboxylic acid groups (broad SMARTS) is 2. The maximum atomic E-state index is 10.3. The van der Waals surface area contributed by atoms with E-state index in [-0.39, 0.29) is 0 Å². The van der Waals surface area contributed by atoms with Crippen molar-refractivity contribution < 1.29 is 19.8 Å². The minimum Gasteiger partial charge on any atom is -0.481 e. The molecule has 0 unspecified atom stereocenters. The first-order valence-electron chi connectivity index (χ1n) is 18.3. The molecule has 0 aliphatic heterocycles. The van der Waals surface area contributed by atoms with Gasteiger partial charge >= 0.3 is 11.9 Å². The van der Waals surface area contributed by atoms with Crippen molar-refractivity contribution in [2.45, 2.75) is 206 Å². The molecule has 0 aliphatic rings. The Morgan fingerprint density at radius 3 is 1.05 bits per heavy atom. The summed E-state index contributed by atoms with van der Waals surface area (Å²) >= 11 is 0. The van der Waals surface area contributed by atoms with Crippen molar-refractivity contribution in [3.05, 3.63) is 24.3 Å². The SMILES string of the molecule is CCCCCCCCCCCCCCCC=CC=CC(=O)O.CCCCCCCCCCCCCCCCCC(=O)O. The van der Waals surface area contributed by atoms with Crippen molar-refractivity contribution in [1.82, 2.24) is 0 Å². The summed E-state index contributed by atoms with van der Waals surface area (Å²) in [5.41, 5.74) is 0. The van der Waals surface area contributed by atoms with Crippen LogP contribution in [0.3, 0.4) is 0 Å². The predicted molar refractivity (Wildman–Crippen MR) is 183 cm³/mol. The van der Waals surface area contributed by atoms with Crippen molar-refractivity contribution in [2.24, 2.45) is 0 Å². The van der Waals surface area contributed by atoms with Gasteiger partial charge in [0.2, 0.25) is 0 Å². The Morgan fingerprint density at radius 2 is 0.738 bits per heavy atom. The van der Waals surface area contributed by atoms with E-state index in [1.807, 2.05) is 6.08 Å². The summed E-state index contributed by atoms with van der Waals surface area (Å²) in [6, 6.07) is 0. The van der Waals surface area contributed by atoms with E-state index in [1.165, 1.54) is 173 Å².